The molecule has 2 N–H and O–H groups in total. The summed E-state index contributed by atoms with van der Waals surface area (Å²) in [6.45, 7) is 1.62. The van der Waals surface area contributed by atoms with Crippen molar-refractivity contribution in [1.29, 1.82) is 0 Å². The van der Waals surface area contributed by atoms with Gasteiger partial charge in [-0.2, -0.15) is 0 Å². The van der Waals surface area contributed by atoms with Gasteiger partial charge in [0.25, 0.3) is 0 Å². The largest absolute Gasteiger partial charge is 0.447 e. The third-order valence-corrected chi connectivity index (χ3v) is 6.08. The number of carbonyl (C=O) groups excluding carboxylic acids is 2. The first kappa shape index (κ1) is 17.4. The van der Waals surface area contributed by atoms with E-state index in [2.05, 4.69) is 10.9 Å². The SMILES string of the molecule is Cc1c(C(=O)NNC(=O)C[C@H]2CCS(=O)(=O)C2)oc2c(F)cccc12. The van der Waals surface area contributed by atoms with E-state index in [1.807, 2.05) is 0 Å². The summed E-state index contributed by atoms with van der Waals surface area (Å²) in [5.41, 5.74) is 4.89. The van der Waals surface area contributed by atoms with Crippen LogP contribution in [0.3, 0.4) is 0 Å². The summed E-state index contributed by atoms with van der Waals surface area (Å²) in [5.74, 6) is -2.05. The molecule has 0 radical (unpaired) electrons. The van der Waals surface area contributed by atoms with Crippen LogP contribution in [-0.2, 0) is 14.6 Å². The molecule has 0 spiro atoms. The highest BCUT2D eigenvalue weighted by molar-refractivity contribution is 7.91. The van der Waals surface area contributed by atoms with Crippen molar-refractivity contribution < 1.29 is 26.8 Å². The smallest absolute Gasteiger partial charge is 0.305 e. The van der Waals surface area contributed by atoms with Crippen LogP contribution in [0.5, 0.6) is 0 Å². The summed E-state index contributed by atoms with van der Waals surface area (Å²) < 4.78 is 41.7. The van der Waals surface area contributed by atoms with Gasteiger partial charge >= 0.3 is 5.91 Å². The van der Waals surface area contributed by atoms with Crippen LogP contribution in [0.15, 0.2) is 22.6 Å². The average Bonchev–Trinajstić information content (AvgIpc) is 3.06. The Morgan fingerprint density at radius 1 is 1.32 bits per heavy atom. The van der Waals surface area contributed by atoms with Crippen LogP contribution in [0.25, 0.3) is 11.0 Å². The third kappa shape index (κ3) is 3.65. The van der Waals surface area contributed by atoms with Crippen molar-refractivity contribution in [2.24, 2.45) is 5.92 Å². The van der Waals surface area contributed by atoms with Crippen molar-refractivity contribution in [2.75, 3.05) is 11.5 Å². The Bertz CT molecular complexity index is 951. The van der Waals surface area contributed by atoms with Crippen molar-refractivity contribution >= 4 is 32.6 Å². The molecule has 2 heterocycles. The molecule has 3 rings (SSSR count). The number of hydrazine groups is 1. The van der Waals surface area contributed by atoms with Crippen LogP contribution in [0.4, 0.5) is 4.39 Å². The molecule has 0 unspecified atom stereocenters. The number of carbonyl (C=O) groups is 2. The van der Waals surface area contributed by atoms with Gasteiger partial charge in [0.1, 0.15) is 0 Å². The van der Waals surface area contributed by atoms with E-state index in [4.69, 9.17) is 4.42 Å². The van der Waals surface area contributed by atoms with E-state index < -0.39 is 27.5 Å². The van der Waals surface area contributed by atoms with Gasteiger partial charge in [0.15, 0.2) is 27.0 Å². The highest BCUT2D eigenvalue weighted by atomic mass is 32.2. The van der Waals surface area contributed by atoms with Gasteiger partial charge in [-0.25, -0.2) is 12.8 Å². The van der Waals surface area contributed by atoms with E-state index in [0.29, 0.717) is 17.4 Å². The molecule has 1 aromatic heterocycles. The highest BCUT2D eigenvalue weighted by Crippen LogP contribution is 2.27. The van der Waals surface area contributed by atoms with Gasteiger partial charge in [0.2, 0.25) is 5.91 Å². The zero-order valence-corrected chi connectivity index (χ0v) is 14.3. The van der Waals surface area contributed by atoms with E-state index in [-0.39, 0.29) is 35.2 Å². The van der Waals surface area contributed by atoms with Crippen molar-refractivity contribution in [3.63, 3.8) is 0 Å². The number of halogens is 1. The first-order valence-corrected chi connectivity index (χ1v) is 9.56. The minimum atomic E-state index is -3.06. The van der Waals surface area contributed by atoms with Crippen LogP contribution >= 0.6 is 0 Å². The monoisotopic (exact) mass is 368 g/mol. The van der Waals surface area contributed by atoms with Gasteiger partial charge in [0, 0.05) is 17.4 Å². The Kier molecular flexibility index (Phi) is 4.51. The van der Waals surface area contributed by atoms with Gasteiger partial charge in [-0.05, 0) is 25.3 Å². The number of sulfone groups is 1. The molecule has 25 heavy (non-hydrogen) atoms. The molecular weight excluding hydrogens is 351 g/mol. The number of fused-ring (bicyclic) bond motifs is 1. The number of aryl methyl sites for hydroxylation is 1. The third-order valence-electron chi connectivity index (χ3n) is 4.24. The molecule has 9 heteroatoms. The molecule has 1 fully saturated rings. The Morgan fingerprint density at radius 3 is 2.72 bits per heavy atom. The van der Waals surface area contributed by atoms with Crippen LogP contribution in [-0.4, -0.2) is 31.7 Å². The predicted octanol–water partition coefficient (Wildman–Crippen LogP) is 1.47. The fraction of sp³-hybridized carbons (Fsp3) is 0.375. The standard InChI is InChI=1S/C16H17FN2O5S/c1-9-11-3-2-4-12(17)15(11)24-14(9)16(21)19-18-13(20)7-10-5-6-25(22,23)8-10/h2-4,10H,5-8H2,1H3,(H,18,20)(H,19,21)/t10-/m1/s1. The van der Waals surface area contributed by atoms with Gasteiger partial charge in [-0.1, -0.05) is 12.1 Å². The normalized spacial score (nSPS) is 19.0. The summed E-state index contributed by atoms with van der Waals surface area (Å²) in [6, 6.07) is 4.37. The molecule has 7 nitrogen and oxygen atoms in total. The maximum absolute atomic E-state index is 13.7. The lowest BCUT2D eigenvalue weighted by atomic mass is 10.1. The van der Waals surface area contributed by atoms with Gasteiger partial charge in [0.05, 0.1) is 11.5 Å². The van der Waals surface area contributed by atoms with Gasteiger partial charge in [-0.3, -0.25) is 20.4 Å². The second-order valence-corrected chi connectivity index (χ2v) is 8.38. The zero-order valence-electron chi connectivity index (χ0n) is 13.5. The van der Waals surface area contributed by atoms with E-state index in [1.54, 1.807) is 13.0 Å². The van der Waals surface area contributed by atoms with E-state index in [0.717, 1.165) is 0 Å². The fourth-order valence-corrected chi connectivity index (χ4v) is 4.82. The van der Waals surface area contributed by atoms with Gasteiger partial charge in [-0.15, -0.1) is 0 Å². The number of furan rings is 1. The van der Waals surface area contributed by atoms with Crippen molar-refractivity contribution in [3.05, 3.63) is 35.3 Å². The minimum absolute atomic E-state index is 0.00719. The first-order valence-electron chi connectivity index (χ1n) is 7.74. The Labute approximate surface area is 143 Å². The van der Waals surface area contributed by atoms with E-state index >= 15 is 0 Å². The van der Waals surface area contributed by atoms with Crippen LogP contribution in [0.1, 0.15) is 29.0 Å². The van der Waals surface area contributed by atoms with Crippen LogP contribution in [0.2, 0.25) is 0 Å². The number of hydrogen-bond acceptors (Lipinski definition) is 5. The van der Waals surface area contributed by atoms with Crippen LogP contribution in [0, 0.1) is 18.7 Å². The molecule has 0 aliphatic carbocycles. The second kappa shape index (κ2) is 6.47. The summed E-state index contributed by atoms with van der Waals surface area (Å²) in [5, 5.41) is 0.479. The summed E-state index contributed by atoms with van der Waals surface area (Å²) in [6.07, 6.45) is 0.443. The molecule has 134 valence electrons. The predicted molar refractivity (Wildman–Crippen MR) is 87.9 cm³/mol. The maximum atomic E-state index is 13.7. The highest BCUT2D eigenvalue weighted by Gasteiger charge is 2.29. The molecular formula is C16H17FN2O5S. The van der Waals surface area contributed by atoms with Crippen molar-refractivity contribution in [3.8, 4) is 0 Å². The number of benzene rings is 1. The van der Waals surface area contributed by atoms with Crippen molar-refractivity contribution in [1.82, 2.24) is 10.9 Å². The van der Waals surface area contributed by atoms with Crippen LogP contribution < -0.4 is 10.9 Å². The number of rotatable bonds is 3. The minimum Gasteiger partial charge on any atom is -0.447 e. The quantitative estimate of drug-likeness (QED) is 0.798. The molecule has 1 aliphatic rings. The molecule has 1 atom stereocenters. The first-order chi connectivity index (χ1) is 11.8. The topological polar surface area (TPSA) is 105 Å². The lowest BCUT2D eigenvalue weighted by Crippen LogP contribution is -2.42. The molecule has 1 aliphatic heterocycles. The lowest BCUT2D eigenvalue weighted by Gasteiger charge is -2.09. The Hall–Kier alpha value is -2.42. The fourth-order valence-electron chi connectivity index (χ4n) is 2.95. The maximum Gasteiger partial charge on any atom is 0.305 e. The Morgan fingerprint density at radius 2 is 2.08 bits per heavy atom. The molecule has 2 amide bonds. The molecule has 2 aromatic rings. The number of hydrogen-bond donors (Lipinski definition) is 2. The lowest BCUT2D eigenvalue weighted by molar-refractivity contribution is -0.122. The molecule has 1 saturated heterocycles. The van der Waals surface area contributed by atoms with Crippen molar-refractivity contribution in [2.45, 2.75) is 19.8 Å². The average molecular weight is 368 g/mol. The summed E-state index contributed by atoms with van der Waals surface area (Å²) in [7, 11) is -3.06. The molecule has 0 saturated carbocycles. The second-order valence-electron chi connectivity index (χ2n) is 6.15. The van der Waals surface area contributed by atoms with Gasteiger partial charge < -0.3 is 4.42 Å². The summed E-state index contributed by atoms with van der Waals surface area (Å²) in [4.78, 5) is 24.0. The number of para-hydroxylation sites is 1. The van der Waals surface area contributed by atoms with E-state index in [9.17, 15) is 22.4 Å². The molecule has 0 bridgehead atoms. The number of nitrogens with one attached hydrogen (secondary N) is 2. The van der Waals surface area contributed by atoms with E-state index in [1.165, 1.54) is 12.1 Å². The number of amides is 2. The zero-order chi connectivity index (χ0) is 18.2. The molecule has 1 aromatic carbocycles. The Balaban J connectivity index is 1.62. The summed E-state index contributed by atoms with van der Waals surface area (Å²) >= 11 is 0.